The Bertz CT molecular complexity index is 481. The lowest BCUT2D eigenvalue weighted by atomic mass is 9.97. The molecule has 0 spiro atoms. The SMILES string of the molecule is C[C@H](CN1[C@H](C)CCC[C@@H]1C)OC(=O)c1ccccc1F. The maximum Gasteiger partial charge on any atom is 0.341 e. The largest absolute Gasteiger partial charge is 0.458 e. The van der Waals surface area contributed by atoms with E-state index in [1.165, 1.54) is 31.4 Å². The zero-order valence-electron chi connectivity index (χ0n) is 13.0. The molecule has 3 nitrogen and oxygen atoms in total. The molecule has 3 atom stereocenters. The summed E-state index contributed by atoms with van der Waals surface area (Å²) in [6.45, 7) is 6.98. The minimum atomic E-state index is -0.585. The van der Waals surface area contributed by atoms with Crippen molar-refractivity contribution in [2.45, 2.75) is 58.2 Å². The van der Waals surface area contributed by atoms with Crippen LogP contribution >= 0.6 is 0 Å². The molecule has 1 aromatic rings. The number of likely N-dealkylation sites (tertiary alicyclic amines) is 1. The van der Waals surface area contributed by atoms with Crippen LogP contribution in [0.25, 0.3) is 0 Å². The summed E-state index contributed by atoms with van der Waals surface area (Å²) >= 11 is 0. The fraction of sp³-hybridized carbons (Fsp3) is 0.588. The quantitative estimate of drug-likeness (QED) is 0.794. The molecule has 1 aliphatic rings. The van der Waals surface area contributed by atoms with Crippen LogP contribution in [0.1, 0.15) is 50.4 Å². The molecule has 0 aromatic heterocycles. The lowest BCUT2D eigenvalue weighted by Crippen LogP contribution is -2.47. The van der Waals surface area contributed by atoms with E-state index in [0.29, 0.717) is 18.6 Å². The van der Waals surface area contributed by atoms with E-state index >= 15 is 0 Å². The van der Waals surface area contributed by atoms with E-state index in [1.54, 1.807) is 12.1 Å². The number of ether oxygens (including phenoxy) is 1. The maximum absolute atomic E-state index is 13.6. The van der Waals surface area contributed by atoms with Crippen molar-refractivity contribution in [1.82, 2.24) is 4.90 Å². The summed E-state index contributed by atoms with van der Waals surface area (Å²) in [4.78, 5) is 14.4. The van der Waals surface area contributed by atoms with Gasteiger partial charge >= 0.3 is 5.97 Å². The van der Waals surface area contributed by atoms with Gasteiger partial charge in [0.15, 0.2) is 0 Å². The molecule has 1 aromatic carbocycles. The standard InChI is InChI=1S/C17H24FNO2/c1-12-7-6-8-13(2)19(12)11-14(3)21-17(20)15-9-4-5-10-16(15)18/h4-5,9-10,12-14H,6-8,11H2,1-3H3/t12-,13+,14-/m1/s1. The van der Waals surface area contributed by atoms with Crippen molar-refractivity contribution in [3.63, 3.8) is 0 Å². The van der Waals surface area contributed by atoms with Crippen LogP contribution in [0.3, 0.4) is 0 Å². The Kier molecular flexibility index (Phi) is 5.34. The molecule has 116 valence electrons. The van der Waals surface area contributed by atoms with Gasteiger partial charge in [-0.15, -0.1) is 0 Å². The zero-order chi connectivity index (χ0) is 15.4. The van der Waals surface area contributed by atoms with Crippen molar-refractivity contribution < 1.29 is 13.9 Å². The van der Waals surface area contributed by atoms with E-state index in [1.807, 2.05) is 6.92 Å². The van der Waals surface area contributed by atoms with Crippen LogP contribution in [0.4, 0.5) is 4.39 Å². The first-order valence-corrected chi connectivity index (χ1v) is 7.70. The molecule has 4 heteroatoms. The third-order valence-electron chi connectivity index (χ3n) is 4.25. The van der Waals surface area contributed by atoms with Crippen molar-refractivity contribution in [2.24, 2.45) is 0 Å². The second-order valence-corrected chi connectivity index (χ2v) is 6.02. The first-order valence-electron chi connectivity index (χ1n) is 7.70. The van der Waals surface area contributed by atoms with Crippen molar-refractivity contribution in [3.05, 3.63) is 35.6 Å². The average molecular weight is 293 g/mol. The summed E-state index contributed by atoms with van der Waals surface area (Å²) < 4.78 is 19.0. The normalized spacial score (nSPS) is 24.6. The second-order valence-electron chi connectivity index (χ2n) is 6.02. The van der Waals surface area contributed by atoms with Crippen molar-refractivity contribution in [3.8, 4) is 0 Å². The van der Waals surface area contributed by atoms with Gasteiger partial charge in [0.1, 0.15) is 11.9 Å². The molecule has 1 fully saturated rings. The Balaban J connectivity index is 1.93. The van der Waals surface area contributed by atoms with Crippen LogP contribution in [0, 0.1) is 5.82 Å². The Morgan fingerprint density at radius 1 is 1.33 bits per heavy atom. The number of halogens is 1. The Morgan fingerprint density at radius 3 is 2.57 bits per heavy atom. The lowest BCUT2D eigenvalue weighted by Gasteiger charge is -2.40. The van der Waals surface area contributed by atoms with Crippen LogP contribution in [0.2, 0.25) is 0 Å². The van der Waals surface area contributed by atoms with Crippen LogP contribution in [-0.2, 0) is 4.74 Å². The first-order chi connectivity index (χ1) is 9.99. The molecule has 2 rings (SSSR count). The van der Waals surface area contributed by atoms with E-state index < -0.39 is 11.8 Å². The smallest absolute Gasteiger partial charge is 0.341 e. The second kappa shape index (κ2) is 7.03. The van der Waals surface area contributed by atoms with Gasteiger partial charge in [0.05, 0.1) is 5.56 Å². The summed E-state index contributed by atoms with van der Waals surface area (Å²) in [5.41, 5.74) is 0.00379. The van der Waals surface area contributed by atoms with Gasteiger partial charge in [-0.2, -0.15) is 0 Å². The minimum Gasteiger partial charge on any atom is -0.458 e. The highest BCUT2D eigenvalue weighted by Gasteiger charge is 2.27. The summed E-state index contributed by atoms with van der Waals surface area (Å²) in [6.07, 6.45) is 3.36. The predicted molar refractivity (Wildman–Crippen MR) is 80.8 cm³/mol. The number of carbonyl (C=O) groups is 1. The molecular weight excluding hydrogens is 269 g/mol. The highest BCUT2D eigenvalue weighted by molar-refractivity contribution is 5.89. The highest BCUT2D eigenvalue weighted by Crippen LogP contribution is 2.23. The van der Waals surface area contributed by atoms with Crippen LogP contribution in [-0.4, -0.2) is 35.6 Å². The molecule has 0 unspecified atom stereocenters. The van der Waals surface area contributed by atoms with Crippen molar-refractivity contribution in [1.29, 1.82) is 0 Å². The van der Waals surface area contributed by atoms with Gasteiger partial charge in [-0.1, -0.05) is 18.6 Å². The van der Waals surface area contributed by atoms with Gasteiger partial charge in [0, 0.05) is 18.6 Å². The molecule has 0 N–H and O–H groups in total. The van der Waals surface area contributed by atoms with Gasteiger partial charge in [-0.05, 0) is 45.7 Å². The van der Waals surface area contributed by atoms with Crippen LogP contribution in [0.5, 0.6) is 0 Å². The highest BCUT2D eigenvalue weighted by atomic mass is 19.1. The number of carbonyl (C=O) groups excluding carboxylic acids is 1. The van der Waals surface area contributed by atoms with Crippen molar-refractivity contribution >= 4 is 5.97 Å². The third kappa shape index (κ3) is 4.03. The van der Waals surface area contributed by atoms with E-state index in [-0.39, 0.29) is 11.7 Å². The third-order valence-corrected chi connectivity index (χ3v) is 4.25. The summed E-state index contributed by atoms with van der Waals surface area (Å²) in [6, 6.07) is 6.94. The Hall–Kier alpha value is -1.42. The molecule has 21 heavy (non-hydrogen) atoms. The fourth-order valence-electron chi connectivity index (χ4n) is 3.04. The van der Waals surface area contributed by atoms with E-state index in [4.69, 9.17) is 4.74 Å². The zero-order valence-corrected chi connectivity index (χ0v) is 13.0. The fourth-order valence-corrected chi connectivity index (χ4v) is 3.04. The predicted octanol–water partition coefficient (Wildman–Crippen LogP) is 3.63. The number of piperidine rings is 1. The first kappa shape index (κ1) is 16.0. The molecule has 0 amide bonds. The molecule has 0 saturated carbocycles. The molecule has 1 saturated heterocycles. The van der Waals surface area contributed by atoms with E-state index in [2.05, 4.69) is 18.7 Å². The maximum atomic E-state index is 13.6. The summed E-state index contributed by atoms with van der Waals surface area (Å²) in [7, 11) is 0. The Labute approximate surface area is 126 Å². The number of hydrogen-bond acceptors (Lipinski definition) is 3. The monoisotopic (exact) mass is 293 g/mol. The van der Waals surface area contributed by atoms with E-state index in [0.717, 1.165) is 0 Å². The molecular formula is C17H24FNO2. The summed E-state index contributed by atoms with van der Waals surface area (Å²) in [5.74, 6) is -1.12. The number of hydrogen-bond donors (Lipinski definition) is 0. The van der Waals surface area contributed by atoms with Gasteiger partial charge in [0.25, 0.3) is 0 Å². The molecule has 0 bridgehead atoms. The molecule has 0 radical (unpaired) electrons. The van der Waals surface area contributed by atoms with E-state index in [9.17, 15) is 9.18 Å². The van der Waals surface area contributed by atoms with Gasteiger partial charge < -0.3 is 4.74 Å². The number of nitrogens with zero attached hydrogens (tertiary/aromatic N) is 1. The topological polar surface area (TPSA) is 29.5 Å². The van der Waals surface area contributed by atoms with Crippen LogP contribution in [0.15, 0.2) is 24.3 Å². The van der Waals surface area contributed by atoms with Gasteiger partial charge in [-0.3, -0.25) is 4.90 Å². The van der Waals surface area contributed by atoms with Crippen molar-refractivity contribution in [2.75, 3.05) is 6.54 Å². The lowest BCUT2D eigenvalue weighted by molar-refractivity contribution is 0.00775. The average Bonchev–Trinajstić information content (AvgIpc) is 2.43. The van der Waals surface area contributed by atoms with Gasteiger partial charge in [-0.25, -0.2) is 9.18 Å². The molecule has 1 aliphatic heterocycles. The number of rotatable bonds is 4. The molecule has 0 aliphatic carbocycles. The number of benzene rings is 1. The number of esters is 1. The minimum absolute atomic E-state index is 0.00379. The van der Waals surface area contributed by atoms with Gasteiger partial charge in [0.2, 0.25) is 0 Å². The van der Waals surface area contributed by atoms with Crippen LogP contribution < -0.4 is 0 Å². The Morgan fingerprint density at radius 2 is 1.95 bits per heavy atom. The summed E-state index contributed by atoms with van der Waals surface area (Å²) in [5, 5.41) is 0. The molecule has 1 heterocycles.